The zero-order valence-corrected chi connectivity index (χ0v) is 37.7. The van der Waals surface area contributed by atoms with E-state index < -0.39 is 15.8 Å². The predicted octanol–water partition coefficient (Wildman–Crippen LogP) is 12.2. The molecule has 0 amide bonds. The Morgan fingerprint density at radius 2 is 0.710 bits per heavy atom. The highest BCUT2D eigenvalue weighted by molar-refractivity contribution is 7.73. The van der Waals surface area contributed by atoms with Gasteiger partial charge in [-0.2, -0.15) is 0 Å². The summed E-state index contributed by atoms with van der Waals surface area (Å²) in [6, 6.07) is 63.3. The van der Waals surface area contributed by atoms with Crippen LogP contribution in [0.2, 0.25) is 0 Å². The highest BCUT2D eigenvalue weighted by Gasteiger charge is 2.25. The van der Waals surface area contributed by atoms with E-state index in [-0.39, 0.29) is 35.4 Å². The van der Waals surface area contributed by atoms with Gasteiger partial charge in [0, 0.05) is 34.7 Å². The molecule has 0 bridgehead atoms. The van der Waals surface area contributed by atoms with Crippen LogP contribution in [0.3, 0.4) is 0 Å². The van der Waals surface area contributed by atoms with Crippen molar-refractivity contribution in [2.24, 2.45) is 21.8 Å². The highest BCUT2D eigenvalue weighted by Crippen LogP contribution is 2.47. The molecule has 0 radical (unpaired) electrons. The Morgan fingerprint density at radius 3 is 1.02 bits per heavy atom. The lowest BCUT2D eigenvalue weighted by Crippen LogP contribution is -2.24. The van der Waals surface area contributed by atoms with Crippen LogP contribution < -0.4 is 21.2 Å². The molecule has 0 fully saturated rings. The summed E-state index contributed by atoms with van der Waals surface area (Å²) in [5.74, 6) is 0.714. The van der Waals surface area contributed by atoms with E-state index in [9.17, 15) is 10.2 Å². The van der Waals surface area contributed by atoms with Crippen molar-refractivity contribution < 1.29 is 10.2 Å². The van der Waals surface area contributed by atoms with E-state index in [0.29, 0.717) is 22.3 Å². The number of fused-ring (bicyclic) bond motifs is 2. The fourth-order valence-corrected chi connectivity index (χ4v) is 13.5. The molecule has 8 aromatic carbocycles. The molecule has 0 unspecified atom stereocenters. The van der Waals surface area contributed by atoms with Gasteiger partial charge in [0.1, 0.15) is 11.5 Å². The summed E-state index contributed by atoms with van der Waals surface area (Å²) in [4.78, 5) is 10.5. The lowest BCUT2D eigenvalue weighted by molar-refractivity contribution is 0.469. The lowest BCUT2D eigenvalue weighted by Gasteiger charge is -2.25. The molecule has 2 atom stereocenters. The van der Waals surface area contributed by atoms with Gasteiger partial charge in [-0.15, -0.1) is 0 Å². The van der Waals surface area contributed by atoms with Crippen molar-refractivity contribution in [2.45, 2.75) is 39.8 Å². The molecule has 0 aromatic heterocycles. The number of phenols is 2. The largest absolute Gasteiger partial charge is 0.507 e. The van der Waals surface area contributed by atoms with Crippen LogP contribution in [0.5, 0.6) is 11.5 Å². The first kappa shape index (κ1) is 42.8. The van der Waals surface area contributed by atoms with Crippen molar-refractivity contribution in [3.05, 3.63) is 193 Å². The van der Waals surface area contributed by atoms with Gasteiger partial charge in [-0.25, -0.2) is 0 Å². The second kappa shape index (κ2) is 19.9. The van der Waals surface area contributed by atoms with E-state index in [1.807, 2.05) is 61.0 Å². The molecule has 0 saturated heterocycles. The van der Waals surface area contributed by atoms with Crippen molar-refractivity contribution in [2.75, 3.05) is 12.3 Å². The molecule has 310 valence electrons. The lowest BCUT2D eigenvalue weighted by atomic mass is 9.89. The number of phenolic OH excluding ortho intramolecular Hbond substituents is 2. The number of rotatable bonds is 15. The maximum atomic E-state index is 12.5. The van der Waals surface area contributed by atoms with Crippen molar-refractivity contribution in [3.8, 4) is 22.6 Å². The minimum atomic E-state index is -0.672. The molecule has 6 heteroatoms. The Morgan fingerprint density at radius 1 is 0.419 bits per heavy atom. The van der Waals surface area contributed by atoms with E-state index in [2.05, 4.69) is 161 Å². The number of aliphatic imine (C=N–C) groups is 2. The van der Waals surface area contributed by atoms with Crippen LogP contribution in [0.4, 0.5) is 0 Å². The van der Waals surface area contributed by atoms with Crippen LogP contribution in [0.25, 0.3) is 32.7 Å². The Balaban J connectivity index is 1.20. The molecule has 0 spiro atoms. The summed E-state index contributed by atoms with van der Waals surface area (Å²) in [7, 11) is -1.34. The summed E-state index contributed by atoms with van der Waals surface area (Å²) in [5.41, 5.74) is 2.40. The fourth-order valence-electron chi connectivity index (χ4n) is 8.16. The SMILES string of the molecule is CC(C)[C@@H](CP(c1ccccc1)c1ccccc1)N=Cc1cc2ccccc2c(-c2c(O)c(C=N[C@H](CP(c3ccccc3)c3ccccc3)C(C)C)cc3ccccc23)c1O. The molecule has 0 heterocycles. The Kier molecular flexibility index (Phi) is 13.7. The van der Waals surface area contributed by atoms with Gasteiger partial charge >= 0.3 is 0 Å². The maximum absolute atomic E-state index is 12.5. The Labute approximate surface area is 369 Å². The van der Waals surface area contributed by atoms with Gasteiger partial charge in [0.15, 0.2) is 0 Å². The fraction of sp³-hybridized carbons (Fsp3) is 0.179. The summed E-state index contributed by atoms with van der Waals surface area (Å²) in [6.45, 7) is 8.90. The number of aromatic hydroxyl groups is 2. The first-order valence-electron chi connectivity index (χ1n) is 21.6. The monoisotopic (exact) mass is 848 g/mol. The molecule has 62 heavy (non-hydrogen) atoms. The van der Waals surface area contributed by atoms with E-state index in [1.165, 1.54) is 21.2 Å². The molecule has 4 nitrogen and oxygen atoms in total. The Bertz CT molecular complexity index is 2520. The molecule has 2 N–H and O–H groups in total. The Hall–Kier alpha value is -5.92. The maximum Gasteiger partial charge on any atom is 0.132 e. The van der Waals surface area contributed by atoms with Crippen LogP contribution >= 0.6 is 15.8 Å². The van der Waals surface area contributed by atoms with Gasteiger partial charge in [0.05, 0.1) is 12.1 Å². The van der Waals surface area contributed by atoms with Crippen molar-refractivity contribution in [1.82, 2.24) is 0 Å². The second-order valence-electron chi connectivity index (χ2n) is 16.6. The zero-order valence-electron chi connectivity index (χ0n) is 35.9. The third-order valence-electron chi connectivity index (χ3n) is 11.7. The molecule has 8 aromatic rings. The topological polar surface area (TPSA) is 65.2 Å². The minimum Gasteiger partial charge on any atom is -0.507 e. The summed E-state index contributed by atoms with van der Waals surface area (Å²) >= 11 is 0. The van der Waals surface area contributed by atoms with Crippen molar-refractivity contribution in [1.29, 1.82) is 0 Å². The average Bonchev–Trinajstić information content (AvgIpc) is 3.30. The third-order valence-corrected chi connectivity index (χ3v) is 16.9. The average molecular weight is 849 g/mol. The third kappa shape index (κ3) is 9.59. The molecular weight excluding hydrogens is 795 g/mol. The standard InChI is InChI=1S/C56H54N2O2P2/c1-39(2)51(37-61(45-23-9-5-10-24-45)46-25-11-6-12-26-46)57-35-43-33-41-21-17-19-31-49(41)53(55(43)59)54-50-32-20-18-22-42(50)34-44(56(54)60)36-58-52(40(3)4)38-62(47-27-13-7-14-28-47)48-29-15-8-16-30-48/h5-36,39-40,51-52,59-60H,37-38H2,1-4H3/t51-,52-/m1/s1. The van der Waals surface area contributed by atoms with E-state index in [1.54, 1.807) is 0 Å². The van der Waals surface area contributed by atoms with Crippen LogP contribution in [0, 0.1) is 11.8 Å². The van der Waals surface area contributed by atoms with Crippen LogP contribution in [0.1, 0.15) is 38.8 Å². The minimum absolute atomic E-state index is 0.00308. The highest BCUT2D eigenvalue weighted by atomic mass is 31.1. The molecule has 0 saturated carbocycles. The van der Waals surface area contributed by atoms with Gasteiger partial charge < -0.3 is 10.2 Å². The normalized spacial score (nSPS) is 13.1. The van der Waals surface area contributed by atoms with Crippen molar-refractivity contribution in [3.63, 3.8) is 0 Å². The number of benzene rings is 8. The van der Waals surface area contributed by atoms with Gasteiger partial charge in [0.25, 0.3) is 0 Å². The zero-order chi connectivity index (χ0) is 43.0. The molecule has 0 aliphatic carbocycles. The molecule has 0 aliphatic heterocycles. The van der Waals surface area contributed by atoms with Gasteiger partial charge in [-0.05, 0) is 94.9 Å². The van der Waals surface area contributed by atoms with Crippen LogP contribution in [0.15, 0.2) is 192 Å². The first-order chi connectivity index (χ1) is 30.3. The smallest absolute Gasteiger partial charge is 0.132 e. The number of hydrogen-bond acceptors (Lipinski definition) is 4. The molecule has 8 rings (SSSR count). The predicted molar refractivity (Wildman–Crippen MR) is 271 cm³/mol. The first-order valence-corrected chi connectivity index (χ1v) is 24.6. The summed E-state index contributed by atoms with van der Waals surface area (Å²) in [6.07, 6.45) is 5.47. The quantitative estimate of drug-likeness (QED) is 0.0797. The summed E-state index contributed by atoms with van der Waals surface area (Å²) < 4.78 is 0. The number of hydrogen-bond donors (Lipinski definition) is 2. The van der Waals surface area contributed by atoms with E-state index in [0.717, 1.165) is 33.9 Å². The van der Waals surface area contributed by atoms with Crippen molar-refractivity contribution >= 4 is 71.0 Å². The molecular formula is C56H54N2O2P2. The molecule has 0 aliphatic rings. The number of nitrogens with zero attached hydrogens (tertiary/aromatic N) is 2. The van der Waals surface area contributed by atoms with E-state index >= 15 is 0 Å². The van der Waals surface area contributed by atoms with Crippen LogP contribution in [-0.2, 0) is 0 Å². The van der Waals surface area contributed by atoms with Gasteiger partial charge in [0.2, 0.25) is 0 Å². The van der Waals surface area contributed by atoms with Crippen LogP contribution in [-0.4, -0.2) is 47.0 Å². The second-order valence-corrected chi connectivity index (χ2v) is 21.1. The van der Waals surface area contributed by atoms with E-state index in [4.69, 9.17) is 9.98 Å². The van der Waals surface area contributed by atoms with Gasteiger partial charge in [-0.3, -0.25) is 9.98 Å². The summed E-state index contributed by atoms with van der Waals surface area (Å²) in [5, 5.41) is 33.9. The van der Waals surface area contributed by atoms with Gasteiger partial charge in [-0.1, -0.05) is 198 Å².